The van der Waals surface area contributed by atoms with Crippen LogP contribution in [-0.4, -0.2) is 49.1 Å². The lowest BCUT2D eigenvalue weighted by Crippen LogP contribution is -2.41. The zero-order valence-electron chi connectivity index (χ0n) is 10.3. The van der Waals surface area contributed by atoms with Crippen LogP contribution < -0.4 is 5.32 Å². The molecule has 0 radical (unpaired) electrons. The van der Waals surface area contributed by atoms with Gasteiger partial charge in [-0.1, -0.05) is 12.2 Å². The van der Waals surface area contributed by atoms with Crippen LogP contribution in [0.2, 0.25) is 0 Å². The summed E-state index contributed by atoms with van der Waals surface area (Å²) in [6.45, 7) is 1.31. The first-order chi connectivity index (χ1) is 8.02. The number of rotatable bonds is 5. The number of likely N-dealkylation sites (N-methyl/N-ethyl adjacent to an activating group) is 1. The Bertz CT molecular complexity index is 313. The van der Waals surface area contributed by atoms with Crippen molar-refractivity contribution < 1.29 is 14.7 Å². The third kappa shape index (κ3) is 4.19. The first-order valence-electron chi connectivity index (χ1n) is 5.82. The van der Waals surface area contributed by atoms with Crippen molar-refractivity contribution in [2.24, 2.45) is 11.8 Å². The van der Waals surface area contributed by atoms with Crippen LogP contribution in [0, 0.1) is 11.8 Å². The van der Waals surface area contributed by atoms with Crippen LogP contribution in [0.1, 0.15) is 12.8 Å². The second kappa shape index (κ2) is 6.39. The second-order valence-corrected chi connectivity index (χ2v) is 4.59. The maximum Gasteiger partial charge on any atom is 0.307 e. The Morgan fingerprint density at radius 1 is 1.29 bits per heavy atom. The molecule has 0 bridgehead atoms. The Labute approximate surface area is 101 Å². The number of carbonyl (C=O) groups excluding carboxylic acids is 1. The summed E-state index contributed by atoms with van der Waals surface area (Å²) in [5, 5.41) is 11.8. The molecular weight excluding hydrogens is 220 g/mol. The molecule has 0 aliphatic heterocycles. The smallest absolute Gasteiger partial charge is 0.307 e. The molecule has 5 heteroatoms. The highest BCUT2D eigenvalue weighted by Crippen LogP contribution is 2.25. The largest absolute Gasteiger partial charge is 0.481 e. The third-order valence-electron chi connectivity index (χ3n) is 2.94. The first-order valence-corrected chi connectivity index (χ1v) is 5.82. The van der Waals surface area contributed by atoms with E-state index in [1.165, 1.54) is 0 Å². The molecule has 1 amide bonds. The third-order valence-corrected chi connectivity index (χ3v) is 2.94. The normalized spacial score (nSPS) is 23.7. The molecule has 0 spiro atoms. The summed E-state index contributed by atoms with van der Waals surface area (Å²) in [4.78, 5) is 24.9. The van der Waals surface area contributed by atoms with Crippen LogP contribution in [0.4, 0.5) is 0 Å². The number of aliphatic carboxylic acids is 1. The van der Waals surface area contributed by atoms with Crippen molar-refractivity contribution >= 4 is 11.9 Å². The summed E-state index contributed by atoms with van der Waals surface area (Å²) in [6, 6.07) is 0. The van der Waals surface area contributed by atoms with Crippen LogP contribution in [0.5, 0.6) is 0 Å². The molecule has 0 fully saturated rings. The number of carboxylic acid groups (broad SMARTS) is 1. The van der Waals surface area contributed by atoms with Gasteiger partial charge in [-0.05, 0) is 26.9 Å². The van der Waals surface area contributed by atoms with E-state index in [1.54, 1.807) is 0 Å². The monoisotopic (exact) mass is 240 g/mol. The Balaban J connectivity index is 2.48. The molecule has 1 aliphatic rings. The van der Waals surface area contributed by atoms with Gasteiger partial charge in [0.1, 0.15) is 0 Å². The summed E-state index contributed by atoms with van der Waals surface area (Å²) >= 11 is 0. The summed E-state index contributed by atoms with van der Waals surface area (Å²) in [5.41, 5.74) is 0. The van der Waals surface area contributed by atoms with Gasteiger partial charge in [0.05, 0.1) is 11.8 Å². The molecule has 5 nitrogen and oxygen atoms in total. The first kappa shape index (κ1) is 13.7. The van der Waals surface area contributed by atoms with E-state index in [-0.39, 0.29) is 5.91 Å². The number of nitrogens with zero attached hydrogens (tertiary/aromatic N) is 1. The van der Waals surface area contributed by atoms with Crippen LogP contribution >= 0.6 is 0 Å². The molecule has 0 unspecified atom stereocenters. The topological polar surface area (TPSA) is 69.6 Å². The number of carboxylic acids is 1. The van der Waals surface area contributed by atoms with E-state index in [0.29, 0.717) is 19.4 Å². The van der Waals surface area contributed by atoms with Crippen molar-refractivity contribution in [3.63, 3.8) is 0 Å². The van der Waals surface area contributed by atoms with Gasteiger partial charge in [0, 0.05) is 13.1 Å². The molecule has 0 aromatic heterocycles. The number of carbonyl (C=O) groups is 2. The lowest BCUT2D eigenvalue weighted by molar-refractivity contribution is -0.147. The van der Waals surface area contributed by atoms with Gasteiger partial charge < -0.3 is 15.3 Å². The highest BCUT2D eigenvalue weighted by atomic mass is 16.4. The zero-order chi connectivity index (χ0) is 12.8. The maximum absolute atomic E-state index is 11.9. The Kier molecular flexibility index (Phi) is 5.15. The van der Waals surface area contributed by atoms with Crippen molar-refractivity contribution in [1.29, 1.82) is 0 Å². The van der Waals surface area contributed by atoms with E-state index in [0.717, 1.165) is 6.54 Å². The van der Waals surface area contributed by atoms with Crippen molar-refractivity contribution in [3.8, 4) is 0 Å². The maximum atomic E-state index is 11.9. The predicted molar refractivity (Wildman–Crippen MR) is 64.6 cm³/mol. The number of allylic oxidation sites excluding steroid dienone is 2. The Morgan fingerprint density at radius 3 is 2.41 bits per heavy atom. The van der Waals surface area contributed by atoms with Crippen molar-refractivity contribution in [2.75, 3.05) is 27.2 Å². The molecule has 2 N–H and O–H groups in total. The number of amides is 1. The average Bonchev–Trinajstić information content (AvgIpc) is 2.28. The van der Waals surface area contributed by atoms with Crippen molar-refractivity contribution in [1.82, 2.24) is 10.2 Å². The van der Waals surface area contributed by atoms with E-state index >= 15 is 0 Å². The molecule has 17 heavy (non-hydrogen) atoms. The highest BCUT2D eigenvalue weighted by molar-refractivity contribution is 5.85. The van der Waals surface area contributed by atoms with E-state index in [2.05, 4.69) is 5.32 Å². The molecule has 0 saturated carbocycles. The van der Waals surface area contributed by atoms with E-state index in [1.807, 2.05) is 31.1 Å². The van der Waals surface area contributed by atoms with E-state index < -0.39 is 17.8 Å². The highest BCUT2D eigenvalue weighted by Gasteiger charge is 2.33. The zero-order valence-corrected chi connectivity index (χ0v) is 10.3. The van der Waals surface area contributed by atoms with E-state index in [4.69, 9.17) is 5.11 Å². The van der Waals surface area contributed by atoms with Crippen molar-refractivity contribution in [2.45, 2.75) is 12.8 Å². The lowest BCUT2D eigenvalue weighted by Gasteiger charge is -2.24. The molecule has 96 valence electrons. The Morgan fingerprint density at radius 2 is 1.88 bits per heavy atom. The molecule has 0 saturated heterocycles. The summed E-state index contributed by atoms with van der Waals surface area (Å²) in [5.74, 6) is -2.05. The van der Waals surface area contributed by atoms with Gasteiger partial charge in [0.15, 0.2) is 0 Å². The lowest BCUT2D eigenvalue weighted by atomic mass is 9.82. The molecular formula is C12H20N2O3. The average molecular weight is 240 g/mol. The van der Waals surface area contributed by atoms with Gasteiger partial charge in [-0.2, -0.15) is 0 Å². The minimum atomic E-state index is -0.887. The van der Waals surface area contributed by atoms with Gasteiger partial charge >= 0.3 is 5.97 Å². The minimum Gasteiger partial charge on any atom is -0.481 e. The molecule has 2 atom stereocenters. The van der Waals surface area contributed by atoms with Gasteiger partial charge in [-0.25, -0.2) is 0 Å². The minimum absolute atomic E-state index is 0.149. The molecule has 0 heterocycles. The molecule has 1 aliphatic carbocycles. The summed E-state index contributed by atoms with van der Waals surface area (Å²) in [6.07, 6.45) is 4.68. The summed E-state index contributed by atoms with van der Waals surface area (Å²) in [7, 11) is 3.85. The van der Waals surface area contributed by atoms with Crippen molar-refractivity contribution in [3.05, 3.63) is 12.2 Å². The van der Waals surface area contributed by atoms with Crippen LogP contribution in [0.25, 0.3) is 0 Å². The standard InChI is InChI=1S/C12H20N2O3/c1-14(2)8-7-13-11(15)9-5-3-4-6-10(9)12(16)17/h3-4,9-10H,5-8H2,1-2H3,(H,13,15)(H,16,17)/t9-,10+/m1/s1. The second-order valence-electron chi connectivity index (χ2n) is 4.59. The van der Waals surface area contributed by atoms with Gasteiger partial charge in [-0.15, -0.1) is 0 Å². The molecule has 0 aromatic carbocycles. The molecule has 1 rings (SSSR count). The molecule has 0 aromatic rings. The fourth-order valence-electron chi connectivity index (χ4n) is 1.91. The number of hydrogen-bond donors (Lipinski definition) is 2. The predicted octanol–water partition coefficient (Wildman–Crippen LogP) is 0.331. The van der Waals surface area contributed by atoms with Gasteiger partial charge in [0.2, 0.25) is 5.91 Å². The quantitative estimate of drug-likeness (QED) is 0.679. The van der Waals surface area contributed by atoms with Crippen LogP contribution in [0.3, 0.4) is 0 Å². The Hall–Kier alpha value is -1.36. The SMILES string of the molecule is CN(C)CCNC(=O)[C@@H]1CC=CC[C@@H]1C(=O)O. The fourth-order valence-corrected chi connectivity index (χ4v) is 1.91. The van der Waals surface area contributed by atoms with Crippen LogP contribution in [0.15, 0.2) is 12.2 Å². The van der Waals surface area contributed by atoms with E-state index in [9.17, 15) is 9.59 Å². The van der Waals surface area contributed by atoms with Crippen LogP contribution in [-0.2, 0) is 9.59 Å². The number of nitrogens with one attached hydrogen (secondary N) is 1. The van der Waals surface area contributed by atoms with Gasteiger partial charge in [0.25, 0.3) is 0 Å². The number of hydrogen-bond acceptors (Lipinski definition) is 3. The summed E-state index contributed by atoms with van der Waals surface area (Å²) < 4.78 is 0. The fraction of sp³-hybridized carbons (Fsp3) is 0.667. The van der Waals surface area contributed by atoms with Gasteiger partial charge in [-0.3, -0.25) is 9.59 Å².